The highest BCUT2D eigenvalue weighted by Gasteiger charge is 2.45. The van der Waals surface area contributed by atoms with Gasteiger partial charge in [0.15, 0.2) is 0 Å². The van der Waals surface area contributed by atoms with Crippen LogP contribution in [-0.4, -0.2) is 66.4 Å². The van der Waals surface area contributed by atoms with E-state index in [1.54, 1.807) is 12.1 Å². The van der Waals surface area contributed by atoms with Crippen LogP contribution in [0.2, 0.25) is 0 Å². The van der Waals surface area contributed by atoms with E-state index in [0.29, 0.717) is 35.7 Å². The van der Waals surface area contributed by atoms with Crippen molar-refractivity contribution < 1.29 is 23.9 Å². The number of hydrogen-bond acceptors (Lipinski definition) is 7. The average molecular weight is 412 g/mol. The molecule has 4 amide bonds. The number of piperidine rings is 1. The molecule has 4 heterocycles. The molecule has 4 aliphatic rings. The lowest BCUT2D eigenvalue weighted by atomic mass is 10.0. The van der Waals surface area contributed by atoms with Crippen LogP contribution in [0.15, 0.2) is 18.2 Å². The Labute approximate surface area is 173 Å². The Morgan fingerprint density at radius 3 is 2.80 bits per heavy atom. The van der Waals surface area contributed by atoms with E-state index in [0.717, 1.165) is 36.6 Å². The second kappa shape index (κ2) is 7.57. The topological polar surface area (TPSA) is 117 Å². The number of hydrogen-bond donors (Lipinski definition) is 3. The fourth-order valence-corrected chi connectivity index (χ4v) is 5.01. The highest BCUT2D eigenvalue weighted by Crippen LogP contribution is 2.30. The first kappa shape index (κ1) is 19.3. The molecular formula is C21H24N4O5. The normalized spacial score (nSPS) is 30.6. The molecule has 0 bridgehead atoms. The van der Waals surface area contributed by atoms with Crippen molar-refractivity contribution in [2.75, 3.05) is 19.8 Å². The van der Waals surface area contributed by atoms with Crippen molar-refractivity contribution in [2.45, 2.75) is 43.9 Å². The monoisotopic (exact) mass is 412 g/mol. The van der Waals surface area contributed by atoms with Crippen LogP contribution >= 0.6 is 0 Å². The Balaban J connectivity index is 1.27. The summed E-state index contributed by atoms with van der Waals surface area (Å²) in [5, 5.41) is 9.19. The number of benzene rings is 1. The number of ether oxygens (including phenoxy) is 1. The predicted octanol–water partition coefficient (Wildman–Crippen LogP) is -0.446. The predicted molar refractivity (Wildman–Crippen MR) is 104 cm³/mol. The lowest BCUT2D eigenvalue weighted by molar-refractivity contribution is -0.136. The Kier molecular flexibility index (Phi) is 4.88. The van der Waals surface area contributed by atoms with E-state index >= 15 is 0 Å². The molecular weight excluding hydrogens is 388 g/mol. The van der Waals surface area contributed by atoms with Gasteiger partial charge in [-0.15, -0.1) is 0 Å². The number of nitrogens with one attached hydrogen (secondary N) is 3. The van der Waals surface area contributed by atoms with Crippen LogP contribution in [-0.2, 0) is 20.9 Å². The summed E-state index contributed by atoms with van der Waals surface area (Å²) in [6, 6.07) is 5.04. The van der Waals surface area contributed by atoms with Crippen LogP contribution in [0.4, 0.5) is 0 Å². The Bertz CT molecular complexity index is 920. The van der Waals surface area contributed by atoms with E-state index in [9.17, 15) is 19.2 Å². The minimum absolute atomic E-state index is 0.111. The van der Waals surface area contributed by atoms with E-state index in [4.69, 9.17) is 4.74 Å². The lowest BCUT2D eigenvalue weighted by Gasteiger charge is -2.27. The maximum atomic E-state index is 13.1. The Morgan fingerprint density at radius 1 is 1.13 bits per heavy atom. The van der Waals surface area contributed by atoms with E-state index in [2.05, 4.69) is 16.0 Å². The van der Waals surface area contributed by atoms with Crippen molar-refractivity contribution in [1.29, 1.82) is 0 Å². The number of carbonyl (C=O) groups is 4. The van der Waals surface area contributed by atoms with E-state index in [-0.39, 0.29) is 18.7 Å². The van der Waals surface area contributed by atoms with Crippen LogP contribution in [0, 0.1) is 5.92 Å². The van der Waals surface area contributed by atoms with Gasteiger partial charge in [0.2, 0.25) is 11.8 Å². The molecule has 0 aromatic heterocycles. The van der Waals surface area contributed by atoms with Crippen LogP contribution in [0.5, 0.6) is 0 Å². The summed E-state index contributed by atoms with van der Waals surface area (Å²) < 4.78 is 5.48. The highest BCUT2D eigenvalue weighted by molar-refractivity contribution is 6.24. The quantitative estimate of drug-likeness (QED) is 0.561. The molecule has 4 aliphatic heterocycles. The zero-order valence-corrected chi connectivity index (χ0v) is 16.5. The third kappa shape index (κ3) is 3.23. The molecule has 1 aromatic rings. The van der Waals surface area contributed by atoms with Crippen LogP contribution in [0.3, 0.4) is 0 Å². The largest absolute Gasteiger partial charge is 0.379 e. The standard InChI is InChI=1S/C21H24N4O5/c26-17-5-4-16(19(27)24-17)25-20(28)14-3-1-2-11(18(14)21(25)29)7-22-8-13-6-12-9-30-10-15(12)23-13/h1-3,12-13,15-16,22-23H,4-10H2,(H,24,26,27). The van der Waals surface area contributed by atoms with E-state index in [1.807, 2.05) is 6.07 Å². The molecule has 4 unspecified atom stereocenters. The van der Waals surface area contributed by atoms with Gasteiger partial charge in [0, 0.05) is 37.5 Å². The number of amides is 4. The zero-order chi connectivity index (χ0) is 20.8. The lowest BCUT2D eigenvalue weighted by Crippen LogP contribution is -2.54. The van der Waals surface area contributed by atoms with E-state index < -0.39 is 23.8 Å². The van der Waals surface area contributed by atoms with Gasteiger partial charge in [-0.3, -0.25) is 29.4 Å². The minimum atomic E-state index is -0.944. The first-order valence-electron chi connectivity index (χ1n) is 10.4. The maximum Gasteiger partial charge on any atom is 0.262 e. The molecule has 9 nitrogen and oxygen atoms in total. The highest BCUT2D eigenvalue weighted by atomic mass is 16.5. The van der Waals surface area contributed by atoms with Crippen molar-refractivity contribution in [2.24, 2.45) is 5.92 Å². The molecule has 3 N–H and O–H groups in total. The van der Waals surface area contributed by atoms with Gasteiger partial charge in [-0.1, -0.05) is 12.1 Å². The minimum Gasteiger partial charge on any atom is -0.379 e. The van der Waals surface area contributed by atoms with Gasteiger partial charge in [0.25, 0.3) is 11.8 Å². The van der Waals surface area contributed by atoms with Crippen molar-refractivity contribution >= 4 is 23.6 Å². The van der Waals surface area contributed by atoms with Gasteiger partial charge in [0.05, 0.1) is 24.3 Å². The molecule has 5 rings (SSSR count). The summed E-state index contributed by atoms with van der Waals surface area (Å²) in [7, 11) is 0. The van der Waals surface area contributed by atoms with Gasteiger partial charge in [-0.2, -0.15) is 0 Å². The van der Waals surface area contributed by atoms with E-state index in [1.165, 1.54) is 0 Å². The fourth-order valence-electron chi connectivity index (χ4n) is 5.01. The molecule has 158 valence electrons. The molecule has 4 atom stereocenters. The van der Waals surface area contributed by atoms with Gasteiger partial charge < -0.3 is 15.4 Å². The maximum absolute atomic E-state index is 13.1. The fraction of sp³-hybridized carbons (Fsp3) is 0.524. The van der Waals surface area contributed by atoms with Gasteiger partial charge in [-0.25, -0.2) is 0 Å². The van der Waals surface area contributed by atoms with Crippen molar-refractivity contribution in [3.63, 3.8) is 0 Å². The molecule has 9 heteroatoms. The van der Waals surface area contributed by atoms with Crippen molar-refractivity contribution in [1.82, 2.24) is 20.9 Å². The smallest absolute Gasteiger partial charge is 0.262 e. The number of fused-ring (bicyclic) bond motifs is 2. The molecule has 1 aromatic carbocycles. The first-order chi connectivity index (χ1) is 14.5. The summed E-state index contributed by atoms with van der Waals surface area (Å²) in [4.78, 5) is 50.6. The second-order valence-electron chi connectivity index (χ2n) is 8.42. The van der Waals surface area contributed by atoms with Crippen LogP contribution < -0.4 is 16.0 Å². The molecule has 0 saturated carbocycles. The summed E-state index contributed by atoms with van der Waals surface area (Å²) in [6.45, 7) is 2.79. The Hall–Kier alpha value is -2.62. The number of imide groups is 2. The number of carbonyl (C=O) groups excluding carboxylic acids is 4. The third-order valence-electron chi connectivity index (χ3n) is 6.50. The molecule has 0 spiro atoms. The van der Waals surface area contributed by atoms with Crippen molar-refractivity contribution in [3.05, 3.63) is 34.9 Å². The SMILES string of the molecule is O=C1CCC(N2C(=O)c3cccc(CNCC4CC5COCC5N4)c3C2=O)C(=O)N1. The summed E-state index contributed by atoms with van der Waals surface area (Å²) >= 11 is 0. The third-order valence-corrected chi connectivity index (χ3v) is 6.50. The van der Waals surface area contributed by atoms with Crippen LogP contribution in [0.1, 0.15) is 45.5 Å². The Morgan fingerprint density at radius 2 is 2.00 bits per heavy atom. The summed E-state index contributed by atoms with van der Waals surface area (Å²) in [5.74, 6) is -1.35. The second-order valence-corrected chi connectivity index (χ2v) is 8.42. The average Bonchev–Trinajstić information content (AvgIpc) is 3.37. The zero-order valence-electron chi connectivity index (χ0n) is 16.5. The van der Waals surface area contributed by atoms with Gasteiger partial charge in [0.1, 0.15) is 6.04 Å². The molecule has 0 aliphatic carbocycles. The number of nitrogens with zero attached hydrogens (tertiary/aromatic N) is 1. The van der Waals surface area contributed by atoms with Gasteiger partial charge in [-0.05, 0) is 24.5 Å². The number of rotatable bonds is 5. The molecule has 0 radical (unpaired) electrons. The molecule has 30 heavy (non-hydrogen) atoms. The van der Waals surface area contributed by atoms with Crippen molar-refractivity contribution in [3.8, 4) is 0 Å². The summed E-state index contributed by atoms with van der Waals surface area (Å²) in [5.41, 5.74) is 1.40. The van der Waals surface area contributed by atoms with Gasteiger partial charge >= 0.3 is 0 Å². The summed E-state index contributed by atoms with van der Waals surface area (Å²) in [6.07, 6.45) is 1.33. The first-order valence-corrected chi connectivity index (χ1v) is 10.4. The van der Waals surface area contributed by atoms with Crippen LogP contribution in [0.25, 0.3) is 0 Å². The molecule has 3 saturated heterocycles. The molecule has 3 fully saturated rings.